The van der Waals surface area contributed by atoms with Crippen molar-refractivity contribution in [2.24, 2.45) is 0 Å². The van der Waals surface area contributed by atoms with Gasteiger partial charge in [-0.25, -0.2) is 0 Å². The number of nitrogens with one attached hydrogen (secondary N) is 1. The average molecular weight is 250 g/mol. The lowest BCUT2D eigenvalue weighted by Crippen LogP contribution is -2.35. The van der Waals surface area contributed by atoms with Crippen LogP contribution in [-0.4, -0.2) is 18.6 Å². The molecule has 0 aliphatic rings. The minimum Gasteiger partial charge on any atom is -0.483 e. The Morgan fingerprint density at radius 3 is 2.44 bits per heavy atom. The van der Waals surface area contributed by atoms with Gasteiger partial charge >= 0.3 is 0 Å². The number of hydrogen-bond acceptors (Lipinski definition) is 3. The molecule has 4 heteroatoms. The van der Waals surface area contributed by atoms with Crippen molar-refractivity contribution in [3.63, 3.8) is 0 Å². The van der Waals surface area contributed by atoms with Crippen LogP contribution in [0.2, 0.25) is 0 Å². The first-order valence-corrected chi connectivity index (χ1v) is 6.23. The molecule has 1 aromatic carbocycles. The molecule has 0 bridgehead atoms. The molecule has 18 heavy (non-hydrogen) atoms. The highest BCUT2D eigenvalue weighted by Gasteiger charge is 2.09. The molecular weight excluding hydrogens is 228 g/mol. The summed E-state index contributed by atoms with van der Waals surface area (Å²) in [6.45, 7) is 7.88. The Hall–Kier alpha value is -1.71. The maximum Gasteiger partial charge on any atom is 0.258 e. The number of benzene rings is 1. The van der Waals surface area contributed by atoms with Gasteiger partial charge in [0.1, 0.15) is 5.75 Å². The number of aryl methyl sites for hydroxylation is 2. The number of rotatable bonds is 5. The summed E-state index contributed by atoms with van der Waals surface area (Å²) >= 11 is 0. The van der Waals surface area contributed by atoms with E-state index in [-0.39, 0.29) is 18.6 Å². The third kappa shape index (κ3) is 3.95. The molecule has 0 radical (unpaired) electrons. The lowest BCUT2D eigenvalue weighted by atomic mass is 10.1. The molecule has 0 aromatic heterocycles. The van der Waals surface area contributed by atoms with Gasteiger partial charge in [0.15, 0.2) is 6.61 Å². The molecule has 4 nitrogen and oxygen atoms in total. The van der Waals surface area contributed by atoms with Crippen molar-refractivity contribution in [2.45, 2.75) is 40.2 Å². The minimum atomic E-state index is -0.0972. The van der Waals surface area contributed by atoms with Crippen LogP contribution >= 0.6 is 0 Å². The number of ether oxygens (including phenoxy) is 1. The highest BCUT2D eigenvalue weighted by molar-refractivity contribution is 5.77. The lowest BCUT2D eigenvalue weighted by Gasteiger charge is -2.15. The van der Waals surface area contributed by atoms with E-state index in [1.54, 1.807) is 0 Å². The molecule has 3 N–H and O–H groups in total. The van der Waals surface area contributed by atoms with Crippen molar-refractivity contribution in [1.29, 1.82) is 0 Å². The molecule has 0 aliphatic heterocycles. The van der Waals surface area contributed by atoms with E-state index in [4.69, 9.17) is 10.5 Å². The van der Waals surface area contributed by atoms with E-state index in [1.165, 1.54) is 0 Å². The molecular formula is C14H22N2O2. The highest BCUT2D eigenvalue weighted by Crippen LogP contribution is 2.25. The van der Waals surface area contributed by atoms with E-state index in [0.29, 0.717) is 5.69 Å². The Morgan fingerprint density at radius 1 is 1.39 bits per heavy atom. The molecule has 0 saturated heterocycles. The zero-order valence-electron chi connectivity index (χ0n) is 11.5. The van der Waals surface area contributed by atoms with Crippen LogP contribution in [0.5, 0.6) is 5.75 Å². The number of nitrogens with two attached hydrogens (primary N) is 1. The van der Waals surface area contributed by atoms with Crippen molar-refractivity contribution in [3.8, 4) is 5.75 Å². The number of carbonyl (C=O) groups excluding carboxylic acids is 1. The van der Waals surface area contributed by atoms with Gasteiger partial charge in [0.2, 0.25) is 0 Å². The van der Waals surface area contributed by atoms with Crippen LogP contribution in [0.4, 0.5) is 5.69 Å². The summed E-state index contributed by atoms with van der Waals surface area (Å²) in [4.78, 5) is 11.6. The Kier molecular flexibility index (Phi) is 5.01. The molecule has 1 unspecified atom stereocenters. The standard InChI is InChI=1S/C14H22N2O2/c1-5-11(4)16-13(17)8-18-14-9(2)6-12(15)7-10(14)3/h6-7,11H,5,8,15H2,1-4H3,(H,16,17). The lowest BCUT2D eigenvalue weighted by molar-refractivity contribution is -0.123. The smallest absolute Gasteiger partial charge is 0.258 e. The summed E-state index contributed by atoms with van der Waals surface area (Å²) in [6.07, 6.45) is 0.908. The van der Waals surface area contributed by atoms with Crippen LogP contribution in [0.1, 0.15) is 31.4 Å². The Balaban J connectivity index is 2.61. The zero-order chi connectivity index (χ0) is 13.7. The maximum absolute atomic E-state index is 11.6. The van der Waals surface area contributed by atoms with Gasteiger partial charge in [0, 0.05) is 11.7 Å². The first-order valence-electron chi connectivity index (χ1n) is 6.23. The van der Waals surface area contributed by atoms with Crippen molar-refractivity contribution in [1.82, 2.24) is 5.32 Å². The van der Waals surface area contributed by atoms with Gasteiger partial charge in [-0.3, -0.25) is 4.79 Å². The van der Waals surface area contributed by atoms with Crippen LogP contribution in [0, 0.1) is 13.8 Å². The van der Waals surface area contributed by atoms with E-state index < -0.39 is 0 Å². The number of anilines is 1. The van der Waals surface area contributed by atoms with E-state index >= 15 is 0 Å². The molecule has 0 fully saturated rings. The third-order valence-corrected chi connectivity index (χ3v) is 2.85. The van der Waals surface area contributed by atoms with E-state index in [9.17, 15) is 4.79 Å². The Labute approximate surface area is 109 Å². The average Bonchev–Trinajstić information content (AvgIpc) is 2.27. The first kappa shape index (κ1) is 14.4. The topological polar surface area (TPSA) is 64.3 Å². The fourth-order valence-corrected chi connectivity index (χ4v) is 1.77. The van der Waals surface area contributed by atoms with Gasteiger partial charge in [-0.1, -0.05) is 6.92 Å². The number of hydrogen-bond donors (Lipinski definition) is 2. The SMILES string of the molecule is CCC(C)NC(=O)COc1c(C)cc(N)cc1C. The Morgan fingerprint density at radius 2 is 1.94 bits per heavy atom. The van der Waals surface area contributed by atoms with Crippen molar-refractivity contribution >= 4 is 11.6 Å². The van der Waals surface area contributed by atoms with Gasteiger partial charge in [-0.2, -0.15) is 0 Å². The van der Waals surface area contributed by atoms with Gasteiger partial charge in [-0.05, 0) is 50.5 Å². The number of nitrogen functional groups attached to an aromatic ring is 1. The normalized spacial score (nSPS) is 12.0. The Bertz CT molecular complexity index is 407. The number of amides is 1. The molecule has 0 spiro atoms. The second-order valence-corrected chi connectivity index (χ2v) is 4.65. The van der Waals surface area contributed by atoms with Gasteiger partial charge in [0.25, 0.3) is 5.91 Å². The molecule has 0 saturated carbocycles. The predicted octanol–water partition coefficient (Wildman–Crippen LogP) is 2.18. The summed E-state index contributed by atoms with van der Waals surface area (Å²) in [7, 11) is 0. The molecule has 0 heterocycles. The molecule has 100 valence electrons. The van der Waals surface area contributed by atoms with Crippen LogP contribution in [0.25, 0.3) is 0 Å². The van der Waals surface area contributed by atoms with Crippen LogP contribution in [0.15, 0.2) is 12.1 Å². The van der Waals surface area contributed by atoms with Crippen molar-refractivity contribution in [2.75, 3.05) is 12.3 Å². The maximum atomic E-state index is 11.6. The summed E-state index contributed by atoms with van der Waals surface area (Å²) in [5, 5.41) is 2.86. The fraction of sp³-hybridized carbons (Fsp3) is 0.500. The summed E-state index contributed by atoms with van der Waals surface area (Å²) in [5.41, 5.74) is 8.34. The number of carbonyl (C=O) groups is 1. The van der Waals surface area contributed by atoms with Gasteiger partial charge < -0.3 is 15.8 Å². The summed E-state index contributed by atoms with van der Waals surface area (Å²) < 4.78 is 5.56. The quantitative estimate of drug-likeness (QED) is 0.787. The third-order valence-electron chi connectivity index (χ3n) is 2.85. The molecule has 1 aromatic rings. The van der Waals surface area contributed by atoms with Crippen LogP contribution < -0.4 is 15.8 Å². The van der Waals surface area contributed by atoms with Gasteiger partial charge in [-0.15, -0.1) is 0 Å². The van der Waals surface area contributed by atoms with Gasteiger partial charge in [0.05, 0.1) is 0 Å². The van der Waals surface area contributed by atoms with E-state index in [2.05, 4.69) is 5.32 Å². The van der Waals surface area contributed by atoms with Crippen molar-refractivity contribution < 1.29 is 9.53 Å². The monoisotopic (exact) mass is 250 g/mol. The summed E-state index contributed by atoms with van der Waals surface area (Å²) in [6, 6.07) is 3.86. The fourth-order valence-electron chi connectivity index (χ4n) is 1.77. The molecule has 1 rings (SSSR count). The first-order chi connectivity index (χ1) is 8.43. The predicted molar refractivity (Wildman–Crippen MR) is 73.7 cm³/mol. The minimum absolute atomic E-state index is 0.0376. The largest absolute Gasteiger partial charge is 0.483 e. The summed E-state index contributed by atoms with van der Waals surface area (Å²) in [5.74, 6) is 0.642. The zero-order valence-corrected chi connectivity index (χ0v) is 11.5. The molecule has 1 atom stereocenters. The second kappa shape index (κ2) is 6.28. The highest BCUT2D eigenvalue weighted by atomic mass is 16.5. The van der Waals surface area contributed by atoms with Crippen molar-refractivity contribution in [3.05, 3.63) is 23.3 Å². The second-order valence-electron chi connectivity index (χ2n) is 4.65. The van der Waals surface area contributed by atoms with Crippen LogP contribution in [-0.2, 0) is 4.79 Å². The molecule has 1 amide bonds. The molecule has 0 aliphatic carbocycles. The van der Waals surface area contributed by atoms with E-state index in [1.807, 2.05) is 39.8 Å². The van der Waals surface area contributed by atoms with E-state index in [0.717, 1.165) is 23.3 Å². The van der Waals surface area contributed by atoms with Crippen LogP contribution in [0.3, 0.4) is 0 Å².